The number of hydrogen-bond donors (Lipinski definition) is 2. The molecule has 0 unspecified atom stereocenters. The summed E-state index contributed by atoms with van der Waals surface area (Å²) in [6.45, 7) is 2.01. The second-order valence-corrected chi connectivity index (χ2v) is 6.87. The van der Waals surface area contributed by atoms with Crippen LogP contribution in [0.1, 0.15) is 11.3 Å². The number of fused-ring (bicyclic) bond motifs is 1. The molecule has 0 aliphatic heterocycles. The molecule has 0 spiro atoms. The number of nitrogens with two attached hydrogens (primary N) is 1. The van der Waals surface area contributed by atoms with Crippen molar-refractivity contribution in [2.75, 3.05) is 5.73 Å². The monoisotopic (exact) mass is 366 g/mol. The number of halogens is 1. The molecule has 0 atom stereocenters. The zero-order chi connectivity index (χ0) is 17.6. The number of anilines is 1. The van der Waals surface area contributed by atoms with Crippen molar-refractivity contribution < 1.29 is 0 Å². The molecule has 0 radical (unpaired) electrons. The zero-order valence-corrected chi connectivity index (χ0v) is 14.6. The van der Waals surface area contributed by atoms with Crippen LogP contribution in [0.3, 0.4) is 0 Å². The zero-order valence-electron chi connectivity index (χ0n) is 13.0. The highest BCUT2D eigenvalue weighted by Crippen LogP contribution is 2.36. The largest absolute Gasteiger partial charge is 0.381 e. The lowest BCUT2D eigenvalue weighted by atomic mass is 10.1. The van der Waals surface area contributed by atoms with Crippen LogP contribution in [-0.4, -0.2) is 20.2 Å². The lowest BCUT2D eigenvalue weighted by Crippen LogP contribution is -2.02. The number of benzene rings is 1. The standard InChI is InChI=1S/C17H11ClN6S/c1-8-2-13(25-7-8)16-15(22-12(5-19)17(20)23-16)9-3-10-6-21-24-14(10)11(18)4-9/h2-4,6-7H,1H3,(H2,20,23)(H,21,24). The third kappa shape index (κ3) is 2.61. The number of thiophene rings is 1. The highest BCUT2D eigenvalue weighted by molar-refractivity contribution is 7.13. The van der Waals surface area contributed by atoms with E-state index >= 15 is 0 Å². The maximum Gasteiger partial charge on any atom is 0.183 e. The third-order valence-electron chi connectivity index (χ3n) is 3.77. The van der Waals surface area contributed by atoms with Crippen LogP contribution in [0.5, 0.6) is 0 Å². The molecule has 0 fully saturated rings. The molecule has 3 N–H and O–H groups in total. The van der Waals surface area contributed by atoms with Crippen LogP contribution >= 0.6 is 22.9 Å². The Morgan fingerprint density at radius 1 is 1.24 bits per heavy atom. The number of nitriles is 1. The minimum Gasteiger partial charge on any atom is -0.381 e. The molecule has 0 bridgehead atoms. The number of nitrogens with zero attached hydrogens (tertiary/aromatic N) is 4. The number of nitrogens with one attached hydrogen (secondary N) is 1. The Kier molecular flexibility index (Phi) is 3.64. The maximum absolute atomic E-state index is 9.28. The predicted molar refractivity (Wildman–Crippen MR) is 99.3 cm³/mol. The second kappa shape index (κ2) is 5.84. The fraction of sp³-hybridized carbons (Fsp3) is 0.0588. The summed E-state index contributed by atoms with van der Waals surface area (Å²) in [5.74, 6) is 0.114. The first kappa shape index (κ1) is 15.6. The van der Waals surface area contributed by atoms with Gasteiger partial charge in [-0.15, -0.1) is 11.3 Å². The average molecular weight is 367 g/mol. The molecule has 0 saturated heterocycles. The summed E-state index contributed by atoms with van der Waals surface area (Å²) in [5.41, 5.74) is 9.82. The first-order valence-corrected chi connectivity index (χ1v) is 8.58. The molecule has 0 aliphatic rings. The van der Waals surface area contributed by atoms with Gasteiger partial charge in [-0.1, -0.05) is 11.6 Å². The van der Waals surface area contributed by atoms with Gasteiger partial charge in [-0.05, 0) is 36.1 Å². The Labute approximate surface area is 151 Å². The third-order valence-corrected chi connectivity index (χ3v) is 5.12. The molecule has 3 heterocycles. The van der Waals surface area contributed by atoms with E-state index in [0.29, 0.717) is 16.4 Å². The van der Waals surface area contributed by atoms with E-state index in [1.807, 2.05) is 30.5 Å². The first-order valence-electron chi connectivity index (χ1n) is 7.33. The average Bonchev–Trinajstić information content (AvgIpc) is 3.23. The van der Waals surface area contributed by atoms with Gasteiger partial charge in [0.2, 0.25) is 0 Å². The van der Waals surface area contributed by atoms with Gasteiger partial charge in [-0.25, -0.2) is 9.97 Å². The van der Waals surface area contributed by atoms with Crippen LogP contribution in [0.25, 0.3) is 32.7 Å². The smallest absolute Gasteiger partial charge is 0.183 e. The Balaban J connectivity index is 2.02. The number of hydrogen-bond acceptors (Lipinski definition) is 6. The van der Waals surface area contributed by atoms with Gasteiger partial charge in [0, 0.05) is 10.9 Å². The Hall–Kier alpha value is -2.95. The van der Waals surface area contributed by atoms with Crippen molar-refractivity contribution >= 4 is 39.7 Å². The van der Waals surface area contributed by atoms with E-state index in [4.69, 9.17) is 17.3 Å². The normalized spacial score (nSPS) is 10.9. The fourth-order valence-electron chi connectivity index (χ4n) is 2.61. The summed E-state index contributed by atoms with van der Waals surface area (Å²) >= 11 is 7.90. The van der Waals surface area contributed by atoms with Gasteiger partial charge in [0.05, 0.1) is 27.3 Å². The van der Waals surface area contributed by atoms with E-state index in [9.17, 15) is 5.26 Å². The van der Waals surface area contributed by atoms with E-state index in [0.717, 1.165) is 26.9 Å². The SMILES string of the molecule is Cc1csc(-c2nc(N)c(C#N)nc2-c2cc(Cl)c3[nH]ncc3c2)c1. The molecule has 0 aliphatic carbocycles. The maximum atomic E-state index is 9.28. The molecule has 122 valence electrons. The predicted octanol–water partition coefficient (Wildman–Crippen LogP) is 4.16. The van der Waals surface area contributed by atoms with Gasteiger partial charge in [0.1, 0.15) is 11.8 Å². The van der Waals surface area contributed by atoms with E-state index < -0.39 is 0 Å². The number of aromatic amines is 1. The van der Waals surface area contributed by atoms with Gasteiger partial charge in [-0.2, -0.15) is 10.4 Å². The van der Waals surface area contributed by atoms with Crippen LogP contribution in [-0.2, 0) is 0 Å². The lowest BCUT2D eigenvalue weighted by molar-refractivity contribution is 1.12. The first-order chi connectivity index (χ1) is 12.1. The summed E-state index contributed by atoms with van der Waals surface area (Å²) in [5, 5.41) is 19.6. The highest BCUT2D eigenvalue weighted by Gasteiger charge is 2.18. The number of aromatic nitrogens is 4. The molecule has 25 heavy (non-hydrogen) atoms. The summed E-state index contributed by atoms with van der Waals surface area (Å²) in [6.07, 6.45) is 1.69. The second-order valence-electron chi connectivity index (χ2n) is 5.55. The molecule has 3 aromatic heterocycles. The van der Waals surface area contributed by atoms with Gasteiger partial charge in [0.15, 0.2) is 11.5 Å². The van der Waals surface area contributed by atoms with Crippen molar-refractivity contribution in [2.45, 2.75) is 6.92 Å². The van der Waals surface area contributed by atoms with Crippen LogP contribution < -0.4 is 5.73 Å². The summed E-state index contributed by atoms with van der Waals surface area (Å²) in [6, 6.07) is 7.70. The molecule has 4 rings (SSSR count). The van der Waals surface area contributed by atoms with Crippen molar-refractivity contribution in [1.29, 1.82) is 5.26 Å². The highest BCUT2D eigenvalue weighted by atomic mass is 35.5. The van der Waals surface area contributed by atoms with Crippen LogP contribution in [0.2, 0.25) is 5.02 Å². The van der Waals surface area contributed by atoms with E-state index in [-0.39, 0.29) is 11.5 Å². The summed E-state index contributed by atoms with van der Waals surface area (Å²) in [7, 11) is 0. The lowest BCUT2D eigenvalue weighted by Gasteiger charge is -2.10. The molecule has 6 nitrogen and oxygen atoms in total. The van der Waals surface area contributed by atoms with Crippen molar-refractivity contribution in [1.82, 2.24) is 20.2 Å². The molecule has 4 aromatic rings. The van der Waals surface area contributed by atoms with E-state index in [1.54, 1.807) is 23.6 Å². The van der Waals surface area contributed by atoms with Gasteiger partial charge < -0.3 is 5.73 Å². The Morgan fingerprint density at radius 2 is 2.08 bits per heavy atom. The van der Waals surface area contributed by atoms with E-state index in [1.165, 1.54) is 0 Å². The Bertz CT molecular complexity index is 1150. The number of nitrogen functional groups attached to an aromatic ring is 1. The topological polar surface area (TPSA) is 104 Å². The van der Waals surface area contributed by atoms with E-state index in [2.05, 4.69) is 20.2 Å². The van der Waals surface area contributed by atoms with Gasteiger partial charge in [-0.3, -0.25) is 5.10 Å². The Morgan fingerprint density at radius 3 is 2.80 bits per heavy atom. The van der Waals surface area contributed by atoms with Gasteiger partial charge >= 0.3 is 0 Å². The van der Waals surface area contributed by atoms with Crippen molar-refractivity contribution in [2.24, 2.45) is 0 Å². The van der Waals surface area contributed by atoms with Crippen molar-refractivity contribution in [3.05, 3.63) is 46.1 Å². The fourth-order valence-corrected chi connectivity index (χ4v) is 3.77. The summed E-state index contributed by atoms with van der Waals surface area (Å²) < 4.78 is 0. The quantitative estimate of drug-likeness (QED) is 0.554. The number of H-pyrrole nitrogens is 1. The molecule has 8 heteroatoms. The molecule has 0 amide bonds. The number of aryl methyl sites for hydroxylation is 1. The van der Waals surface area contributed by atoms with Gasteiger partial charge in [0.25, 0.3) is 0 Å². The molecular formula is C17H11ClN6S. The summed E-state index contributed by atoms with van der Waals surface area (Å²) in [4.78, 5) is 9.82. The minimum atomic E-state index is 0.0930. The minimum absolute atomic E-state index is 0.0930. The van der Waals surface area contributed by atoms with Crippen LogP contribution in [0.4, 0.5) is 5.82 Å². The van der Waals surface area contributed by atoms with Crippen molar-refractivity contribution in [3.63, 3.8) is 0 Å². The molecule has 0 saturated carbocycles. The molecular weight excluding hydrogens is 356 g/mol. The van der Waals surface area contributed by atoms with Crippen LogP contribution in [0.15, 0.2) is 29.8 Å². The van der Waals surface area contributed by atoms with Crippen molar-refractivity contribution in [3.8, 4) is 27.9 Å². The molecule has 1 aromatic carbocycles. The number of rotatable bonds is 2. The van der Waals surface area contributed by atoms with Crippen LogP contribution in [0, 0.1) is 18.3 Å².